The SMILES string of the molecule is CC1CN(c2ccncc2Br)CC(C)O1. The van der Waals surface area contributed by atoms with Crippen LogP contribution in [0.3, 0.4) is 0 Å². The van der Waals surface area contributed by atoms with Crippen molar-refractivity contribution in [2.24, 2.45) is 0 Å². The highest BCUT2D eigenvalue weighted by atomic mass is 79.9. The lowest BCUT2D eigenvalue weighted by Crippen LogP contribution is -2.45. The van der Waals surface area contributed by atoms with Gasteiger partial charge in [-0.05, 0) is 35.8 Å². The van der Waals surface area contributed by atoms with E-state index in [1.54, 1.807) is 0 Å². The van der Waals surface area contributed by atoms with Crippen LogP contribution in [0.2, 0.25) is 0 Å². The molecule has 3 nitrogen and oxygen atoms in total. The number of hydrogen-bond donors (Lipinski definition) is 0. The number of hydrogen-bond acceptors (Lipinski definition) is 3. The molecule has 0 spiro atoms. The van der Waals surface area contributed by atoms with E-state index in [2.05, 4.69) is 39.7 Å². The van der Waals surface area contributed by atoms with Gasteiger partial charge >= 0.3 is 0 Å². The highest BCUT2D eigenvalue weighted by Crippen LogP contribution is 2.27. The molecule has 2 unspecified atom stereocenters. The fourth-order valence-corrected chi connectivity index (χ4v) is 2.50. The second-order valence-electron chi connectivity index (χ2n) is 3.99. The van der Waals surface area contributed by atoms with Gasteiger partial charge in [0.15, 0.2) is 0 Å². The Morgan fingerprint density at radius 1 is 1.40 bits per heavy atom. The maximum Gasteiger partial charge on any atom is 0.0726 e. The minimum atomic E-state index is 0.286. The maximum atomic E-state index is 5.71. The number of aromatic nitrogens is 1. The summed E-state index contributed by atoms with van der Waals surface area (Å²) in [5, 5.41) is 0. The number of morpholine rings is 1. The smallest absolute Gasteiger partial charge is 0.0726 e. The summed E-state index contributed by atoms with van der Waals surface area (Å²) in [6.45, 7) is 6.09. The van der Waals surface area contributed by atoms with E-state index in [9.17, 15) is 0 Å². The first-order valence-electron chi connectivity index (χ1n) is 5.16. The lowest BCUT2D eigenvalue weighted by Gasteiger charge is -2.37. The summed E-state index contributed by atoms with van der Waals surface area (Å²) in [5.41, 5.74) is 1.20. The monoisotopic (exact) mass is 270 g/mol. The minimum Gasteiger partial charge on any atom is -0.372 e. The van der Waals surface area contributed by atoms with Crippen LogP contribution < -0.4 is 4.90 Å². The number of halogens is 1. The van der Waals surface area contributed by atoms with Gasteiger partial charge in [0.25, 0.3) is 0 Å². The van der Waals surface area contributed by atoms with E-state index in [4.69, 9.17) is 4.74 Å². The Morgan fingerprint density at radius 2 is 2.07 bits per heavy atom. The highest BCUT2D eigenvalue weighted by molar-refractivity contribution is 9.10. The average molecular weight is 271 g/mol. The molecular weight excluding hydrogens is 256 g/mol. The molecule has 82 valence electrons. The Hall–Kier alpha value is -0.610. The summed E-state index contributed by atoms with van der Waals surface area (Å²) >= 11 is 3.53. The molecule has 2 atom stereocenters. The summed E-state index contributed by atoms with van der Waals surface area (Å²) < 4.78 is 6.75. The molecular formula is C11H15BrN2O. The van der Waals surface area contributed by atoms with Gasteiger partial charge in [0.2, 0.25) is 0 Å². The summed E-state index contributed by atoms with van der Waals surface area (Å²) in [6, 6.07) is 2.04. The first kappa shape index (κ1) is 10.9. The third-order valence-corrected chi connectivity index (χ3v) is 3.12. The first-order chi connectivity index (χ1) is 7.16. The Labute approximate surface area is 98.6 Å². The topological polar surface area (TPSA) is 25.4 Å². The van der Waals surface area contributed by atoms with Crippen LogP contribution in [0.5, 0.6) is 0 Å². The summed E-state index contributed by atoms with van der Waals surface area (Å²) in [6.07, 6.45) is 4.23. The summed E-state index contributed by atoms with van der Waals surface area (Å²) in [4.78, 5) is 6.41. The predicted octanol–water partition coefficient (Wildman–Crippen LogP) is 2.46. The normalized spacial score (nSPS) is 26.7. The average Bonchev–Trinajstić information content (AvgIpc) is 2.16. The molecule has 0 amide bonds. The van der Waals surface area contributed by atoms with Crippen LogP contribution in [0.25, 0.3) is 0 Å². The molecule has 0 aliphatic carbocycles. The minimum absolute atomic E-state index is 0.286. The zero-order valence-corrected chi connectivity index (χ0v) is 10.6. The number of nitrogens with zero attached hydrogens (tertiary/aromatic N) is 2. The van der Waals surface area contributed by atoms with E-state index in [1.165, 1.54) is 5.69 Å². The Balaban J connectivity index is 2.20. The van der Waals surface area contributed by atoms with Crippen molar-refractivity contribution in [1.82, 2.24) is 4.98 Å². The summed E-state index contributed by atoms with van der Waals surface area (Å²) in [7, 11) is 0. The molecule has 2 heterocycles. The molecule has 1 aromatic heterocycles. The van der Waals surface area contributed by atoms with Gasteiger partial charge in [-0.2, -0.15) is 0 Å². The van der Waals surface area contributed by atoms with Crippen LogP contribution in [0.1, 0.15) is 13.8 Å². The molecule has 1 aromatic rings. The van der Waals surface area contributed by atoms with Gasteiger partial charge in [0.05, 0.1) is 22.4 Å². The second kappa shape index (κ2) is 4.49. The molecule has 1 aliphatic heterocycles. The van der Waals surface area contributed by atoms with Crippen LogP contribution in [-0.2, 0) is 4.74 Å². The number of rotatable bonds is 1. The van der Waals surface area contributed by atoms with Crippen molar-refractivity contribution in [2.45, 2.75) is 26.1 Å². The number of ether oxygens (including phenoxy) is 1. The van der Waals surface area contributed by atoms with Crippen molar-refractivity contribution < 1.29 is 4.74 Å². The molecule has 0 N–H and O–H groups in total. The van der Waals surface area contributed by atoms with Crippen LogP contribution in [0.15, 0.2) is 22.9 Å². The molecule has 0 aromatic carbocycles. The number of anilines is 1. The van der Waals surface area contributed by atoms with Gasteiger partial charge in [-0.1, -0.05) is 0 Å². The van der Waals surface area contributed by atoms with Gasteiger partial charge < -0.3 is 9.64 Å². The Bertz CT molecular complexity index is 335. The van der Waals surface area contributed by atoms with E-state index in [0.717, 1.165) is 17.6 Å². The molecule has 0 radical (unpaired) electrons. The second-order valence-corrected chi connectivity index (χ2v) is 4.84. The maximum absolute atomic E-state index is 5.71. The van der Waals surface area contributed by atoms with E-state index < -0.39 is 0 Å². The molecule has 0 saturated carbocycles. The Morgan fingerprint density at radius 3 is 2.67 bits per heavy atom. The molecule has 4 heteroatoms. The van der Waals surface area contributed by atoms with E-state index in [0.29, 0.717) is 0 Å². The predicted molar refractivity (Wildman–Crippen MR) is 64.2 cm³/mol. The van der Waals surface area contributed by atoms with E-state index in [1.807, 2.05) is 18.5 Å². The third kappa shape index (κ3) is 2.49. The van der Waals surface area contributed by atoms with Gasteiger partial charge in [0.1, 0.15) is 0 Å². The van der Waals surface area contributed by atoms with Crippen molar-refractivity contribution in [3.05, 3.63) is 22.9 Å². The van der Waals surface area contributed by atoms with Crippen molar-refractivity contribution in [1.29, 1.82) is 0 Å². The van der Waals surface area contributed by atoms with Crippen LogP contribution in [0, 0.1) is 0 Å². The molecule has 1 fully saturated rings. The Kier molecular flexibility index (Phi) is 3.26. The van der Waals surface area contributed by atoms with E-state index >= 15 is 0 Å². The van der Waals surface area contributed by atoms with Crippen LogP contribution in [0.4, 0.5) is 5.69 Å². The zero-order chi connectivity index (χ0) is 10.8. The van der Waals surface area contributed by atoms with E-state index in [-0.39, 0.29) is 12.2 Å². The molecule has 2 rings (SSSR count). The lowest BCUT2D eigenvalue weighted by atomic mass is 10.2. The van der Waals surface area contributed by atoms with Crippen molar-refractivity contribution in [3.8, 4) is 0 Å². The summed E-state index contributed by atoms with van der Waals surface area (Å²) in [5.74, 6) is 0. The largest absolute Gasteiger partial charge is 0.372 e. The molecule has 1 aliphatic rings. The fourth-order valence-electron chi connectivity index (χ4n) is 2.00. The first-order valence-corrected chi connectivity index (χ1v) is 5.96. The zero-order valence-electron chi connectivity index (χ0n) is 8.98. The van der Waals surface area contributed by atoms with Crippen molar-refractivity contribution in [3.63, 3.8) is 0 Å². The van der Waals surface area contributed by atoms with Crippen LogP contribution >= 0.6 is 15.9 Å². The quantitative estimate of drug-likeness (QED) is 0.784. The van der Waals surface area contributed by atoms with Crippen molar-refractivity contribution >= 4 is 21.6 Å². The molecule has 1 saturated heterocycles. The van der Waals surface area contributed by atoms with Gasteiger partial charge in [-0.3, -0.25) is 4.98 Å². The van der Waals surface area contributed by atoms with Crippen LogP contribution in [-0.4, -0.2) is 30.3 Å². The van der Waals surface area contributed by atoms with Gasteiger partial charge in [-0.25, -0.2) is 0 Å². The molecule has 15 heavy (non-hydrogen) atoms. The number of pyridine rings is 1. The third-order valence-electron chi connectivity index (χ3n) is 2.51. The lowest BCUT2D eigenvalue weighted by molar-refractivity contribution is -0.00525. The molecule has 0 bridgehead atoms. The standard InChI is InChI=1S/C11H15BrN2O/c1-8-6-14(7-9(2)15-8)11-3-4-13-5-10(11)12/h3-5,8-9H,6-7H2,1-2H3. The highest BCUT2D eigenvalue weighted by Gasteiger charge is 2.23. The van der Waals surface area contributed by atoms with Gasteiger partial charge in [-0.15, -0.1) is 0 Å². The van der Waals surface area contributed by atoms with Gasteiger partial charge in [0, 0.05) is 25.5 Å². The fraction of sp³-hybridized carbons (Fsp3) is 0.545. The van der Waals surface area contributed by atoms with Crippen molar-refractivity contribution in [2.75, 3.05) is 18.0 Å².